The van der Waals surface area contributed by atoms with E-state index >= 15 is 0 Å². The van der Waals surface area contributed by atoms with Gasteiger partial charge in [0.2, 0.25) is 0 Å². The van der Waals surface area contributed by atoms with Crippen LogP contribution in [0, 0.1) is 4.91 Å². The number of nitroso groups, excluding NO2 is 1. The van der Waals surface area contributed by atoms with E-state index in [1.165, 1.54) is 9.85 Å². The fourth-order valence-corrected chi connectivity index (χ4v) is 0. The Hall–Kier alpha value is -0.313. The van der Waals surface area contributed by atoms with E-state index in [0.717, 1.165) is 0 Å². The normalized spacial score (nSPS) is 6.60. The summed E-state index contributed by atoms with van der Waals surface area (Å²) in [4.78, 5) is 9.22. The average Bonchev–Trinajstić information content (AvgIpc) is 1.38. The maximum Gasteiger partial charge on any atom is 0.0496 e. The van der Waals surface area contributed by atoms with Crippen LogP contribution >= 0.6 is 0 Å². The van der Waals surface area contributed by atoms with Crippen LogP contribution in [0.3, 0.4) is 0 Å². The van der Waals surface area contributed by atoms with Gasteiger partial charge in [-0.1, -0.05) is 0 Å². The summed E-state index contributed by atoms with van der Waals surface area (Å²) in [7, 11) is 1.49. The second kappa shape index (κ2) is 1.96. The third kappa shape index (κ3) is 3.69. The maximum absolute atomic E-state index is 9.22. The molecule has 3 heteroatoms. The van der Waals surface area contributed by atoms with Crippen LogP contribution in [0.25, 0.3) is 0 Å². The molecule has 0 saturated carbocycles. The SMILES string of the molecule is CC(=[SiH2])N=O. The summed E-state index contributed by atoms with van der Waals surface area (Å²) in [6.07, 6.45) is 0. The third-order valence-electron chi connectivity index (χ3n) is 0.156. The Bertz CT molecular complexity index is 60.7. The first-order valence-corrected chi connectivity index (χ1v) is 1.97. The lowest BCUT2D eigenvalue weighted by molar-refractivity contribution is 1.65. The van der Waals surface area contributed by atoms with E-state index in [4.69, 9.17) is 0 Å². The molecular weight excluding hydrogens is 82.1 g/mol. The number of hydrogen-bond donors (Lipinski definition) is 0. The van der Waals surface area contributed by atoms with Crippen molar-refractivity contribution >= 4 is 15.1 Å². The largest absolute Gasteiger partial charge is 0.146 e. The lowest BCUT2D eigenvalue weighted by Gasteiger charge is -1.65. The first-order chi connectivity index (χ1) is 2.27. The molecule has 0 atom stereocenters. The number of nitrogens with zero attached hydrogens (tertiary/aromatic N) is 1. The molecule has 0 radical (unpaired) electrons. The van der Waals surface area contributed by atoms with Crippen LogP contribution in [0.2, 0.25) is 0 Å². The summed E-state index contributed by atoms with van der Waals surface area (Å²) in [5, 5.41) is 3.17. The van der Waals surface area contributed by atoms with Crippen molar-refractivity contribution in [2.45, 2.75) is 6.92 Å². The van der Waals surface area contributed by atoms with E-state index in [0.29, 0.717) is 5.29 Å². The van der Waals surface area contributed by atoms with Gasteiger partial charge in [-0.25, -0.2) is 0 Å². The first-order valence-electron chi connectivity index (χ1n) is 1.26. The van der Waals surface area contributed by atoms with Gasteiger partial charge in [-0.05, 0) is 12.1 Å². The lowest BCUT2D eigenvalue weighted by atomic mass is 10.8. The van der Waals surface area contributed by atoms with E-state index in [9.17, 15) is 4.91 Å². The number of hydrogen-bond acceptors (Lipinski definition) is 2. The molecule has 2 nitrogen and oxygen atoms in total. The van der Waals surface area contributed by atoms with E-state index in [1.807, 2.05) is 0 Å². The molecule has 0 saturated heterocycles. The molecule has 0 unspecified atom stereocenters. The molecule has 0 aromatic rings. The van der Waals surface area contributed by atoms with Gasteiger partial charge in [0, 0.05) is 15.1 Å². The number of rotatable bonds is 1. The molecule has 28 valence electrons. The highest BCUT2D eigenvalue weighted by Gasteiger charge is 1.66. The monoisotopic (exact) mass is 87.0 g/mol. The van der Waals surface area contributed by atoms with Crippen molar-refractivity contribution in [3.8, 4) is 0 Å². The van der Waals surface area contributed by atoms with E-state index in [1.54, 1.807) is 6.92 Å². The van der Waals surface area contributed by atoms with Gasteiger partial charge in [0.05, 0.1) is 0 Å². The molecule has 0 N–H and O–H groups in total. The van der Waals surface area contributed by atoms with Crippen LogP contribution in [0.5, 0.6) is 0 Å². The minimum Gasteiger partial charge on any atom is -0.146 e. The minimum atomic E-state index is 0.602. The van der Waals surface area contributed by atoms with Crippen LogP contribution in [-0.4, -0.2) is 15.1 Å². The summed E-state index contributed by atoms with van der Waals surface area (Å²) in [5.41, 5.74) is 0. The molecule has 0 aromatic heterocycles. The Labute approximate surface area is 33.2 Å². The summed E-state index contributed by atoms with van der Waals surface area (Å²) in [5.74, 6) is 0. The molecule has 0 aliphatic rings. The second-order valence-corrected chi connectivity index (χ2v) is 1.85. The molecule has 0 spiro atoms. The molecule has 0 aromatic carbocycles. The highest BCUT2D eigenvalue weighted by molar-refractivity contribution is 6.36. The fourth-order valence-electron chi connectivity index (χ4n) is 0. The summed E-state index contributed by atoms with van der Waals surface area (Å²) in [6, 6.07) is 0. The predicted molar refractivity (Wildman–Crippen MR) is 25.0 cm³/mol. The van der Waals surface area contributed by atoms with E-state index in [-0.39, 0.29) is 0 Å². The average molecular weight is 87.2 g/mol. The van der Waals surface area contributed by atoms with Gasteiger partial charge in [-0.15, -0.1) is 4.91 Å². The zero-order valence-electron chi connectivity index (χ0n) is 3.06. The Morgan fingerprint density at radius 3 is 2.20 bits per heavy atom. The molecule has 0 rings (SSSR count). The smallest absolute Gasteiger partial charge is 0.0496 e. The lowest BCUT2D eigenvalue weighted by Crippen LogP contribution is -1.76. The Balaban J connectivity index is 3.20. The molecular formula is C2H5NOSi. The van der Waals surface area contributed by atoms with E-state index < -0.39 is 0 Å². The molecule has 0 heterocycles. The summed E-state index contributed by atoms with van der Waals surface area (Å²) in [6.45, 7) is 1.67. The van der Waals surface area contributed by atoms with Crippen molar-refractivity contribution in [1.29, 1.82) is 0 Å². The first kappa shape index (κ1) is 4.69. The molecule has 0 aliphatic carbocycles. The van der Waals surface area contributed by atoms with E-state index in [2.05, 4.69) is 5.18 Å². The van der Waals surface area contributed by atoms with Gasteiger partial charge in [0.25, 0.3) is 0 Å². The second-order valence-electron chi connectivity index (χ2n) is 0.827. The maximum atomic E-state index is 9.22. The molecule has 0 amide bonds. The van der Waals surface area contributed by atoms with Crippen molar-refractivity contribution in [1.82, 2.24) is 0 Å². The molecule has 0 fully saturated rings. The Morgan fingerprint density at radius 2 is 2.20 bits per heavy atom. The Morgan fingerprint density at radius 1 is 2.00 bits per heavy atom. The summed E-state index contributed by atoms with van der Waals surface area (Å²) < 4.78 is 0. The van der Waals surface area contributed by atoms with Gasteiger partial charge in [0.1, 0.15) is 0 Å². The third-order valence-corrected chi connectivity index (χ3v) is 0.285. The van der Waals surface area contributed by atoms with Gasteiger partial charge in [-0.3, -0.25) is 0 Å². The van der Waals surface area contributed by atoms with Gasteiger partial charge < -0.3 is 0 Å². The zero-order chi connectivity index (χ0) is 4.28. The van der Waals surface area contributed by atoms with Gasteiger partial charge in [-0.2, -0.15) is 0 Å². The van der Waals surface area contributed by atoms with Crippen LogP contribution < -0.4 is 0 Å². The standard InChI is InChI=1S/C2H5NOSi/c1-2(5)3-4/h5H2,1H3. The van der Waals surface area contributed by atoms with Crippen LogP contribution in [0.1, 0.15) is 6.92 Å². The highest BCUT2D eigenvalue weighted by Crippen LogP contribution is 1.59. The van der Waals surface area contributed by atoms with Crippen LogP contribution in [0.15, 0.2) is 5.18 Å². The molecule has 0 aliphatic heterocycles. The zero-order valence-corrected chi connectivity index (χ0v) is 4.48. The van der Waals surface area contributed by atoms with Crippen LogP contribution in [-0.2, 0) is 0 Å². The quantitative estimate of drug-likeness (QED) is 0.314. The van der Waals surface area contributed by atoms with Crippen molar-refractivity contribution < 1.29 is 0 Å². The predicted octanol–water partition coefficient (Wildman–Crippen LogP) is -0.464. The van der Waals surface area contributed by atoms with Crippen LogP contribution in [0.4, 0.5) is 0 Å². The highest BCUT2D eigenvalue weighted by atomic mass is 28.1. The molecule has 0 bridgehead atoms. The van der Waals surface area contributed by atoms with Crippen molar-refractivity contribution in [2.75, 3.05) is 0 Å². The fraction of sp³-hybridized carbons (Fsp3) is 0.500. The van der Waals surface area contributed by atoms with Crippen molar-refractivity contribution in [3.05, 3.63) is 4.91 Å². The van der Waals surface area contributed by atoms with Gasteiger partial charge in [0.15, 0.2) is 0 Å². The molecule has 5 heavy (non-hydrogen) atoms. The van der Waals surface area contributed by atoms with Crippen molar-refractivity contribution in [2.24, 2.45) is 5.18 Å². The topological polar surface area (TPSA) is 29.4 Å². The Kier molecular flexibility index (Phi) is 1.84. The van der Waals surface area contributed by atoms with Crippen molar-refractivity contribution in [3.63, 3.8) is 0 Å². The van der Waals surface area contributed by atoms with Gasteiger partial charge >= 0.3 is 0 Å². The summed E-state index contributed by atoms with van der Waals surface area (Å²) >= 11 is 0. The minimum absolute atomic E-state index is 0.602.